The van der Waals surface area contributed by atoms with Gasteiger partial charge in [0.2, 0.25) is 0 Å². The molecule has 1 aromatic rings. The first kappa shape index (κ1) is 16.3. The average Bonchev–Trinajstić information content (AvgIpc) is 2.34. The summed E-state index contributed by atoms with van der Waals surface area (Å²) in [6.45, 7) is 2.32. The summed E-state index contributed by atoms with van der Waals surface area (Å²) in [4.78, 5) is 0. The molecule has 0 aliphatic carbocycles. The molecular weight excluding hydrogens is 278 g/mol. The summed E-state index contributed by atoms with van der Waals surface area (Å²) in [6, 6.07) is 3.36. The second-order valence-corrected chi connectivity index (χ2v) is 5.16. The molecule has 1 N–H and O–H groups in total. The van der Waals surface area contributed by atoms with Gasteiger partial charge in [-0.1, -0.05) is 13.0 Å². The lowest BCUT2D eigenvalue weighted by atomic mass is 10.1. The molecule has 0 heterocycles. The van der Waals surface area contributed by atoms with E-state index in [1.165, 1.54) is 6.07 Å². The zero-order valence-corrected chi connectivity index (χ0v) is 11.7. The van der Waals surface area contributed by atoms with Gasteiger partial charge in [0.25, 0.3) is 0 Å². The van der Waals surface area contributed by atoms with Crippen molar-refractivity contribution in [3.63, 3.8) is 0 Å². The number of rotatable bonds is 6. The first-order valence-electron chi connectivity index (χ1n) is 5.96. The van der Waals surface area contributed by atoms with Gasteiger partial charge in [-0.15, -0.1) is 0 Å². The highest BCUT2D eigenvalue weighted by Crippen LogP contribution is 2.31. The first-order chi connectivity index (χ1) is 8.88. The Morgan fingerprint density at radius 1 is 1.32 bits per heavy atom. The minimum atomic E-state index is -4.65. The molecule has 0 aliphatic heterocycles. The normalized spacial score (nSPS) is 13.6. The second-order valence-electron chi connectivity index (χ2n) is 4.25. The van der Waals surface area contributed by atoms with Crippen LogP contribution in [0, 0.1) is 5.82 Å². The predicted molar refractivity (Wildman–Crippen MR) is 70.7 cm³/mol. The van der Waals surface area contributed by atoms with Gasteiger partial charge < -0.3 is 5.32 Å². The number of alkyl halides is 3. The van der Waals surface area contributed by atoms with Crippen molar-refractivity contribution in [1.29, 1.82) is 0 Å². The molecule has 0 bridgehead atoms. The van der Waals surface area contributed by atoms with Crippen LogP contribution in [0.5, 0.6) is 0 Å². The van der Waals surface area contributed by atoms with E-state index in [0.29, 0.717) is 12.1 Å². The number of benzene rings is 1. The van der Waals surface area contributed by atoms with Crippen LogP contribution in [0.2, 0.25) is 0 Å². The molecule has 0 aromatic heterocycles. The van der Waals surface area contributed by atoms with Gasteiger partial charge in [0.1, 0.15) is 5.82 Å². The highest BCUT2D eigenvalue weighted by Gasteiger charge is 2.34. The van der Waals surface area contributed by atoms with Crippen LogP contribution in [0.15, 0.2) is 18.2 Å². The quantitative estimate of drug-likeness (QED) is 0.794. The maximum absolute atomic E-state index is 13.1. The molecule has 1 unspecified atom stereocenters. The van der Waals surface area contributed by atoms with E-state index in [9.17, 15) is 17.6 Å². The third kappa shape index (κ3) is 5.03. The lowest BCUT2D eigenvalue weighted by Crippen LogP contribution is -2.30. The van der Waals surface area contributed by atoms with Gasteiger partial charge in [0.05, 0.1) is 5.56 Å². The van der Waals surface area contributed by atoms with E-state index in [1.807, 2.05) is 13.2 Å². The van der Waals surface area contributed by atoms with Gasteiger partial charge in [-0.25, -0.2) is 4.39 Å². The zero-order chi connectivity index (χ0) is 14.5. The summed E-state index contributed by atoms with van der Waals surface area (Å²) >= 11 is 1.68. The van der Waals surface area contributed by atoms with Crippen molar-refractivity contribution in [2.75, 3.05) is 12.0 Å². The Balaban J connectivity index is 2.75. The molecule has 0 saturated heterocycles. The third-order valence-corrected chi connectivity index (χ3v) is 3.53. The van der Waals surface area contributed by atoms with Crippen LogP contribution in [0.25, 0.3) is 0 Å². The lowest BCUT2D eigenvalue weighted by molar-refractivity contribution is -0.140. The highest BCUT2D eigenvalue weighted by molar-refractivity contribution is 7.98. The SMILES string of the molecule is CCC(CSC)NCc1ccc(F)c(C(F)(F)F)c1. The van der Waals surface area contributed by atoms with Gasteiger partial charge in [-0.05, 0) is 30.4 Å². The molecule has 0 saturated carbocycles. The molecule has 6 heteroatoms. The van der Waals surface area contributed by atoms with Gasteiger partial charge in [-0.3, -0.25) is 0 Å². The predicted octanol–water partition coefficient (Wildman–Crippen LogP) is 4.08. The summed E-state index contributed by atoms with van der Waals surface area (Å²) in [5, 5.41) is 3.17. The fraction of sp³-hybridized carbons (Fsp3) is 0.538. The van der Waals surface area contributed by atoms with E-state index in [1.54, 1.807) is 11.8 Å². The average molecular weight is 295 g/mol. The molecule has 108 valence electrons. The maximum Gasteiger partial charge on any atom is 0.419 e. The van der Waals surface area contributed by atoms with Crippen molar-refractivity contribution in [3.05, 3.63) is 35.1 Å². The Hall–Kier alpha value is -0.750. The number of hydrogen-bond acceptors (Lipinski definition) is 2. The Bertz CT molecular complexity index is 406. The monoisotopic (exact) mass is 295 g/mol. The van der Waals surface area contributed by atoms with E-state index in [0.717, 1.165) is 24.3 Å². The van der Waals surface area contributed by atoms with E-state index in [2.05, 4.69) is 5.32 Å². The van der Waals surface area contributed by atoms with Crippen molar-refractivity contribution < 1.29 is 17.6 Å². The van der Waals surface area contributed by atoms with Crippen molar-refractivity contribution in [1.82, 2.24) is 5.32 Å². The van der Waals surface area contributed by atoms with Crippen molar-refractivity contribution in [2.24, 2.45) is 0 Å². The standard InChI is InChI=1S/C13H17F4NS/c1-3-10(8-19-2)18-7-9-4-5-12(14)11(6-9)13(15,16)17/h4-6,10,18H,3,7-8H2,1-2H3. The largest absolute Gasteiger partial charge is 0.419 e. The number of hydrogen-bond donors (Lipinski definition) is 1. The topological polar surface area (TPSA) is 12.0 Å². The van der Waals surface area contributed by atoms with E-state index < -0.39 is 17.6 Å². The number of nitrogens with one attached hydrogen (secondary N) is 1. The lowest BCUT2D eigenvalue weighted by Gasteiger charge is -2.16. The smallest absolute Gasteiger partial charge is 0.309 e. The third-order valence-electron chi connectivity index (χ3n) is 2.79. The van der Waals surface area contributed by atoms with Gasteiger partial charge in [0, 0.05) is 18.3 Å². The van der Waals surface area contributed by atoms with Gasteiger partial charge >= 0.3 is 6.18 Å². The molecule has 1 aromatic carbocycles. The van der Waals surface area contributed by atoms with Crippen LogP contribution in [-0.2, 0) is 12.7 Å². The summed E-state index contributed by atoms with van der Waals surface area (Å²) in [7, 11) is 0. The molecule has 0 amide bonds. The minimum absolute atomic E-state index is 0.245. The Kier molecular flexibility index (Phi) is 6.13. The maximum atomic E-state index is 13.1. The second kappa shape index (κ2) is 7.14. The molecule has 0 fully saturated rings. The molecule has 1 nitrogen and oxygen atoms in total. The Morgan fingerprint density at radius 3 is 2.53 bits per heavy atom. The van der Waals surface area contributed by atoms with Crippen LogP contribution in [-0.4, -0.2) is 18.1 Å². The minimum Gasteiger partial charge on any atom is -0.309 e. The van der Waals surface area contributed by atoms with Gasteiger partial charge in [0.15, 0.2) is 0 Å². The summed E-state index contributed by atoms with van der Waals surface area (Å²) in [5.74, 6) is -0.337. The molecular formula is C13H17F4NS. The Morgan fingerprint density at radius 2 is 2.00 bits per heavy atom. The Labute approximate surface area is 114 Å². The molecule has 0 spiro atoms. The zero-order valence-electron chi connectivity index (χ0n) is 10.9. The highest BCUT2D eigenvalue weighted by atomic mass is 32.2. The van der Waals surface area contributed by atoms with Gasteiger partial charge in [-0.2, -0.15) is 24.9 Å². The summed E-state index contributed by atoms with van der Waals surface area (Å²) in [5.41, 5.74) is -0.766. The van der Waals surface area contributed by atoms with Crippen LogP contribution in [0.3, 0.4) is 0 Å². The van der Waals surface area contributed by atoms with E-state index >= 15 is 0 Å². The molecule has 19 heavy (non-hydrogen) atoms. The van der Waals surface area contributed by atoms with Crippen LogP contribution in [0.1, 0.15) is 24.5 Å². The fourth-order valence-corrected chi connectivity index (χ4v) is 2.44. The molecule has 1 atom stereocenters. The van der Waals surface area contributed by atoms with Crippen LogP contribution >= 0.6 is 11.8 Å². The fourth-order valence-electron chi connectivity index (χ4n) is 1.68. The molecule has 1 rings (SSSR count). The van der Waals surface area contributed by atoms with Crippen molar-refractivity contribution >= 4 is 11.8 Å². The molecule has 0 radical (unpaired) electrons. The van der Waals surface area contributed by atoms with E-state index in [4.69, 9.17) is 0 Å². The summed E-state index contributed by atoms with van der Waals surface area (Å²) < 4.78 is 50.8. The number of thioether (sulfide) groups is 1. The summed E-state index contributed by atoms with van der Waals surface area (Å²) in [6.07, 6.45) is -1.78. The van der Waals surface area contributed by atoms with Crippen LogP contribution in [0.4, 0.5) is 17.6 Å². The first-order valence-corrected chi connectivity index (χ1v) is 7.35. The molecule has 0 aliphatic rings. The van der Waals surface area contributed by atoms with Crippen molar-refractivity contribution in [2.45, 2.75) is 32.1 Å². The van der Waals surface area contributed by atoms with E-state index in [-0.39, 0.29) is 6.04 Å². The van der Waals surface area contributed by atoms with Crippen molar-refractivity contribution in [3.8, 4) is 0 Å². The number of halogens is 4. The van der Waals surface area contributed by atoms with Crippen LogP contribution < -0.4 is 5.32 Å².